The zero-order chi connectivity index (χ0) is 22.3. The van der Waals surface area contributed by atoms with E-state index in [1.54, 1.807) is 43.9 Å². The van der Waals surface area contributed by atoms with Crippen LogP contribution in [0.1, 0.15) is 37.7 Å². The summed E-state index contributed by atoms with van der Waals surface area (Å²) < 4.78 is 6.86. The lowest BCUT2D eigenvalue weighted by atomic mass is 10.2. The Bertz CT molecular complexity index is 987. The Balaban J connectivity index is 1.47. The van der Waals surface area contributed by atoms with Gasteiger partial charge in [-0.05, 0) is 45.0 Å². The summed E-state index contributed by atoms with van der Waals surface area (Å²) in [5, 5.41) is 22.2. The van der Waals surface area contributed by atoms with Crippen LogP contribution in [0.3, 0.4) is 0 Å². The molecule has 0 aliphatic carbocycles. The van der Waals surface area contributed by atoms with Gasteiger partial charge in [-0.1, -0.05) is 5.21 Å². The minimum atomic E-state index is -0.652. The van der Waals surface area contributed by atoms with Crippen LogP contribution in [0.25, 0.3) is 5.69 Å². The van der Waals surface area contributed by atoms with Crippen molar-refractivity contribution in [2.75, 3.05) is 13.1 Å². The molecule has 0 aliphatic rings. The molecule has 10 heteroatoms. The monoisotopic (exact) mass is 424 g/mol. The van der Waals surface area contributed by atoms with Gasteiger partial charge in [0, 0.05) is 37.7 Å². The van der Waals surface area contributed by atoms with Crippen molar-refractivity contribution in [2.24, 2.45) is 0 Å². The number of hydrogen-bond donors (Lipinski definition) is 4. The van der Waals surface area contributed by atoms with E-state index >= 15 is 0 Å². The van der Waals surface area contributed by atoms with E-state index in [2.05, 4.69) is 30.9 Å². The number of amidine groups is 1. The topological polar surface area (TPSA) is 134 Å². The number of hydrogen-bond acceptors (Lipinski definition) is 7. The highest BCUT2D eigenvalue weighted by molar-refractivity contribution is 6.04. The molecule has 2 heterocycles. The Labute approximate surface area is 180 Å². The minimum Gasteiger partial charge on any atom is -0.444 e. The molecule has 2 aromatic heterocycles. The predicted octanol–water partition coefficient (Wildman–Crippen LogP) is 2.22. The molecule has 0 bridgehead atoms. The molecular weight excluding hydrogens is 396 g/mol. The number of imidazole rings is 1. The van der Waals surface area contributed by atoms with Crippen LogP contribution in [-0.4, -0.2) is 55.6 Å². The number of aromatic amines is 1. The second kappa shape index (κ2) is 9.98. The average molecular weight is 425 g/mol. The summed E-state index contributed by atoms with van der Waals surface area (Å²) in [7, 11) is 0. The molecule has 164 valence electrons. The molecule has 4 N–H and O–H groups in total. The number of nitrogens with zero attached hydrogens (tertiary/aromatic N) is 4. The van der Waals surface area contributed by atoms with Crippen LogP contribution in [0, 0.1) is 5.41 Å². The van der Waals surface area contributed by atoms with Crippen LogP contribution in [0.5, 0.6) is 0 Å². The van der Waals surface area contributed by atoms with E-state index < -0.39 is 11.7 Å². The first-order valence-corrected chi connectivity index (χ1v) is 10.1. The van der Waals surface area contributed by atoms with Gasteiger partial charge in [0.2, 0.25) is 0 Å². The molecular formula is C21H28N8O2. The third-order valence-corrected chi connectivity index (χ3v) is 4.26. The molecule has 0 radical (unpaired) electrons. The van der Waals surface area contributed by atoms with Crippen molar-refractivity contribution in [3.05, 3.63) is 59.9 Å². The number of amides is 1. The average Bonchev–Trinajstić information content (AvgIpc) is 3.38. The van der Waals surface area contributed by atoms with Crippen molar-refractivity contribution in [2.45, 2.75) is 39.2 Å². The van der Waals surface area contributed by atoms with Crippen LogP contribution in [-0.2, 0) is 17.6 Å². The number of ether oxygens (including phenoxy) is 1. The molecule has 0 atom stereocenters. The summed E-state index contributed by atoms with van der Waals surface area (Å²) in [4.78, 5) is 19.0. The van der Waals surface area contributed by atoms with Gasteiger partial charge in [-0.3, -0.25) is 10.7 Å². The number of benzene rings is 1. The number of carbonyl (C=O) groups excluding carboxylic acids is 1. The van der Waals surface area contributed by atoms with E-state index in [0.29, 0.717) is 5.56 Å². The normalized spacial score (nSPS) is 11.3. The third-order valence-electron chi connectivity index (χ3n) is 4.26. The summed E-state index contributed by atoms with van der Waals surface area (Å²) in [6.45, 7) is 6.97. The molecule has 0 saturated heterocycles. The third kappa shape index (κ3) is 7.03. The molecule has 31 heavy (non-hydrogen) atoms. The molecule has 0 saturated carbocycles. The molecule has 1 aromatic carbocycles. The molecule has 3 aromatic rings. The fraction of sp³-hybridized carbons (Fsp3) is 0.381. The fourth-order valence-corrected chi connectivity index (χ4v) is 2.78. The van der Waals surface area contributed by atoms with Gasteiger partial charge in [0.05, 0.1) is 29.6 Å². The lowest BCUT2D eigenvalue weighted by Gasteiger charge is -2.19. The summed E-state index contributed by atoms with van der Waals surface area (Å²) in [5.41, 5.74) is 2.69. The van der Waals surface area contributed by atoms with E-state index in [0.717, 1.165) is 43.0 Å². The van der Waals surface area contributed by atoms with E-state index in [9.17, 15) is 4.79 Å². The Morgan fingerprint density at radius 2 is 1.87 bits per heavy atom. The Kier molecular flexibility index (Phi) is 7.14. The van der Waals surface area contributed by atoms with Gasteiger partial charge in [-0.25, -0.2) is 14.5 Å². The first-order chi connectivity index (χ1) is 14.8. The number of alkyl carbamates (subject to hydrolysis) is 1. The number of carbonyl (C=O) groups is 1. The SMILES string of the molecule is CC(C)(C)OC(=O)NC(=N)c1ccc(-n2cc(CCNCCc3c[nH]cn3)nn2)cc1. The second-order valence-electron chi connectivity index (χ2n) is 8.01. The van der Waals surface area contributed by atoms with E-state index in [-0.39, 0.29) is 5.84 Å². The van der Waals surface area contributed by atoms with Gasteiger partial charge in [0.1, 0.15) is 11.4 Å². The second-order valence-corrected chi connectivity index (χ2v) is 8.01. The van der Waals surface area contributed by atoms with E-state index in [4.69, 9.17) is 10.1 Å². The summed E-state index contributed by atoms with van der Waals surface area (Å²) >= 11 is 0. The number of rotatable bonds is 8. The van der Waals surface area contributed by atoms with Crippen molar-refractivity contribution in [3.8, 4) is 5.69 Å². The van der Waals surface area contributed by atoms with Crippen LogP contribution in [0.4, 0.5) is 4.79 Å². The van der Waals surface area contributed by atoms with Gasteiger partial charge >= 0.3 is 6.09 Å². The Morgan fingerprint density at radius 1 is 1.16 bits per heavy atom. The molecule has 0 spiro atoms. The van der Waals surface area contributed by atoms with Crippen molar-refractivity contribution in [1.29, 1.82) is 5.41 Å². The van der Waals surface area contributed by atoms with Gasteiger partial charge in [-0.2, -0.15) is 0 Å². The van der Waals surface area contributed by atoms with Crippen LogP contribution in [0.15, 0.2) is 43.0 Å². The molecule has 0 unspecified atom stereocenters. The van der Waals surface area contributed by atoms with E-state index in [1.165, 1.54) is 0 Å². The van der Waals surface area contributed by atoms with Crippen molar-refractivity contribution in [3.63, 3.8) is 0 Å². The predicted molar refractivity (Wildman–Crippen MR) is 116 cm³/mol. The first kappa shape index (κ1) is 22.2. The van der Waals surface area contributed by atoms with Crippen LogP contribution < -0.4 is 10.6 Å². The van der Waals surface area contributed by atoms with Gasteiger partial charge in [0.25, 0.3) is 0 Å². The summed E-state index contributed by atoms with van der Waals surface area (Å²) in [6, 6.07) is 7.13. The van der Waals surface area contributed by atoms with Crippen molar-refractivity contribution in [1.82, 2.24) is 35.6 Å². The highest BCUT2D eigenvalue weighted by Gasteiger charge is 2.17. The highest BCUT2D eigenvalue weighted by atomic mass is 16.6. The first-order valence-electron chi connectivity index (χ1n) is 10.1. The molecule has 0 fully saturated rings. The Hall–Kier alpha value is -3.53. The van der Waals surface area contributed by atoms with Gasteiger partial charge in [-0.15, -0.1) is 5.10 Å². The Morgan fingerprint density at radius 3 is 2.52 bits per heavy atom. The maximum Gasteiger partial charge on any atom is 0.413 e. The van der Waals surface area contributed by atoms with Gasteiger partial charge < -0.3 is 15.0 Å². The fourth-order valence-electron chi connectivity index (χ4n) is 2.78. The number of nitrogens with one attached hydrogen (secondary N) is 4. The van der Waals surface area contributed by atoms with Crippen LogP contribution >= 0.6 is 0 Å². The van der Waals surface area contributed by atoms with E-state index in [1.807, 2.05) is 24.5 Å². The largest absolute Gasteiger partial charge is 0.444 e. The zero-order valence-electron chi connectivity index (χ0n) is 18.0. The highest BCUT2D eigenvalue weighted by Crippen LogP contribution is 2.11. The minimum absolute atomic E-state index is 0.0269. The molecule has 1 amide bonds. The van der Waals surface area contributed by atoms with Crippen molar-refractivity contribution >= 4 is 11.9 Å². The van der Waals surface area contributed by atoms with Gasteiger partial charge in [0.15, 0.2) is 0 Å². The van der Waals surface area contributed by atoms with Crippen molar-refractivity contribution < 1.29 is 9.53 Å². The number of H-pyrrole nitrogens is 1. The quantitative estimate of drug-likeness (QED) is 0.249. The van der Waals surface area contributed by atoms with Crippen LogP contribution in [0.2, 0.25) is 0 Å². The summed E-state index contributed by atoms with van der Waals surface area (Å²) in [5.74, 6) is -0.0269. The zero-order valence-corrected chi connectivity index (χ0v) is 18.0. The lowest BCUT2D eigenvalue weighted by molar-refractivity contribution is 0.0563. The maximum absolute atomic E-state index is 11.8. The molecule has 0 aliphatic heterocycles. The molecule has 3 rings (SSSR count). The molecule has 10 nitrogen and oxygen atoms in total. The maximum atomic E-state index is 11.8. The lowest BCUT2D eigenvalue weighted by Crippen LogP contribution is -2.36. The number of aromatic nitrogens is 5. The standard InChI is InChI=1S/C21H28N8O2/c1-21(2,3)31-20(30)26-19(22)15-4-6-18(7-5-15)29-13-17(27-28-29)9-11-23-10-8-16-12-24-14-25-16/h4-7,12-14,23H,8-11H2,1-3H3,(H,24,25)(H2,22,26,30). The smallest absolute Gasteiger partial charge is 0.413 e. The summed E-state index contributed by atoms with van der Waals surface area (Å²) in [6.07, 6.45) is 6.45.